The molecule has 3 rings (SSSR count). The van der Waals surface area contributed by atoms with E-state index in [1.807, 2.05) is 26.0 Å². The van der Waals surface area contributed by atoms with Gasteiger partial charge in [-0.05, 0) is 62.1 Å². The van der Waals surface area contributed by atoms with Gasteiger partial charge in [-0.25, -0.2) is 0 Å². The molecule has 2 aromatic rings. The van der Waals surface area contributed by atoms with Gasteiger partial charge >= 0.3 is 0 Å². The molecule has 0 radical (unpaired) electrons. The maximum atomic E-state index is 12.2. The van der Waals surface area contributed by atoms with E-state index in [1.165, 1.54) is 37.7 Å². The Balaban J connectivity index is 0.000000591. The van der Waals surface area contributed by atoms with Gasteiger partial charge in [0, 0.05) is 18.5 Å². The van der Waals surface area contributed by atoms with Crippen molar-refractivity contribution in [2.45, 2.75) is 105 Å². The van der Waals surface area contributed by atoms with Gasteiger partial charge in [0.25, 0.3) is 0 Å². The van der Waals surface area contributed by atoms with Crippen LogP contribution in [0.2, 0.25) is 0 Å². The molecule has 1 aliphatic rings. The lowest BCUT2D eigenvalue weighted by molar-refractivity contribution is 0.0892. The highest BCUT2D eigenvalue weighted by Gasteiger charge is 2.26. The van der Waals surface area contributed by atoms with E-state index in [9.17, 15) is 9.59 Å². The first kappa shape index (κ1) is 28.8. The summed E-state index contributed by atoms with van der Waals surface area (Å²) in [5.41, 5.74) is 4.13. The van der Waals surface area contributed by atoms with Gasteiger partial charge in [0.15, 0.2) is 11.6 Å². The summed E-state index contributed by atoms with van der Waals surface area (Å²) in [5, 5.41) is 0. The summed E-state index contributed by atoms with van der Waals surface area (Å²) in [7, 11) is 0. The van der Waals surface area contributed by atoms with Crippen molar-refractivity contribution in [3.63, 3.8) is 0 Å². The lowest BCUT2D eigenvalue weighted by Crippen LogP contribution is -2.22. The molecule has 184 valence electrons. The molecule has 2 nitrogen and oxygen atoms in total. The van der Waals surface area contributed by atoms with Gasteiger partial charge in [0.1, 0.15) is 0 Å². The summed E-state index contributed by atoms with van der Waals surface area (Å²) in [6.45, 7) is 12.2. The zero-order chi connectivity index (χ0) is 24.6. The lowest BCUT2D eigenvalue weighted by Gasteiger charge is -2.23. The van der Waals surface area contributed by atoms with Crippen molar-refractivity contribution in [1.29, 1.82) is 0 Å². The van der Waals surface area contributed by atoms with Crippen molar-refractivity contribution in [3.05, 3.63) is 70.8 Å². The van der Waals surface area contributed by atoms with Crippen LogP contribution in [0.5, 0.6) is 0 Å². The molecule has 0 aliphatic heterocycles. The third-order valence-electron chi connectivity index (χ3n) is 6.36. The number of Topliss-reactive ketones (excluding diaryl/α,β-unsaturated/α-hetero) is 2. The molecule has 0 heterocycles. The minimum Gasteiger partial charge on any atom is -0.295 e. The number of rotatable bonds is 9. The van der Waals surface area contributed by atoms with Crippen LogP contribution in [-0.2, 0) is 6.42 Å². The van der Waals surface area contributed by atoms with E-state index in [0.717, 1.165) is 42.7 Å². The van der Waals surface area contributed by atoms with Gasteiger partial charge < -0.3 is 0 Å². The third-order valence-corrected chi connectivity index (χ3v) is 6.36. The van der Waals surface area contributed by atoms with Crippen LogP contribution in [0.4, 0.5) is 0 Å². The average Bonchev–Trinajstić information content (AvgIpc) is 2.85. The smallest absolute Gasteiger partial charge is 0.166 e. The van der Waals surface area contributed by atoms with Crippen molar-refractivity contribution < 1.29 is 11.0 Å². The van der Waals surface area contributed by atoms with Gasteiger partial charge in [0.2, 0.25) is 0 Å². The first-order valence-electron chi connectivity index (χ1n) is 13.2. The Kier molecular flexibility index (Phi) is 14.3. The first-order valence-corrected chi connectivity index (χ1v) is 13.2. The molecule has 0 spiro atoms. The van der Waals surface area contributed by atoms with Gasteiger partial charge in [-0.3, -0.25) is 9.59 Å². The molecule has 0 fully saturated rings. The summed E-state index contributed by atoms with van der Waals surface area (Å²) in [5.74, 6) is 1.32. The number of aryl methyl sites for hydroxylation is 1. The molecular weight excluding hydrogens is 404 g/mol. The van der Waals surface area contributed by atoms with Crippen molar-refractivity contribution in [3.8, 4) is 0 Å². The van der Waals surface area contributed by atoms with E-state index in [1.54, 1.807) is 13.0 Å². The Bertz CT molecular complexity index is 829. The van der Waals surface area contributed by atoms with Crippen LogP contribution in [0.15, 0.2) is 48.5 Å². The maximum absolute atomic E-state index is 12.2. The van der Waals surface area contributed by atoms with Crippen molar-refractivity contribution in [1.82, 2.24) is 0 Å². The molecule has 2 aromatic carbocycles. The fourth-order valence-electron chi connectivity index (χ4n) is 4.57. The molecule has 2 atom stereocenters. The molecule has 1 aliphatic carbocycles. The standard InChI is InChI=1S/C15H18O2.C14H22.C2H6.H2/c1-3-4-11-5-6-13-9-12(10(2)16)7-8-14(13)15(11)17;1-3-5-10-13(9-4-2)14-11-7-6-8-12-14;1-2;/h7-9,11H,3-6H2,1-2H3;6-8,11-13H,3-5,9-10H2,1-2H3;1-2H3;1H. The number of carbonyl (C=O) groups is 2. The fraction of sp³-hybridized carbons (Fsp3) is 0.548. The topological polar surface area (TPSA) is 34.1 Å². The Morgan fingerprint density at radius 2 is 1.67 bits per heavy atom. The molecule has 2 unspecified atom stereocenters. The quantitative estimate of drug-likeness (QED) is 0.355. The summed E-state index contributed by atoms with van der Waals surface area (Å²) in [6, 6.07) is 16.5. The number of ketones is 2. The van der Waals surface area contributed by atoms with Crippen molar-refractivity contribution >= 4 is 11.6 Å². The van der Waals surface area contributed by atoms with Crippen LogP contribution in [0.1, 0.15) is 132 Å². The molecule has 0 saturated heterocycles. The Hall–Kier alpha value is -2.22. The predicted octanol–water partition coefficient (Wildman–Crippen LogP) is 9.47. The van der Waals surface area contributed by atoms with Gasteiger partial charge in [-0.2, -0.15) is 0 Å². The second-order valence-corrected chi connectivity index (χ2v) is 8.86. The zero-order valence-corrected chi connectivity index (χ0v) is 22.0. The normalized spacial score (nSPS) is 15.3. The SMILES string of the molecule is CC.CCCC1CCc2cc(C(C)=O)ccc2C1=O.CCCCC(CCC)c1ccccc1.[HH]. The van der Waals surface area contributed by atoms with E-state index < -0.39 is 0 Å². The molecule has 0 aromatic heterocycles. The molecule has 2 heteroatoms. The number of hydrogen-bond acceptors (Lipinski definition) is 2. The summed E-state index contributed by atoms with van der Waals surface area (Å²) < 4.78 is 0. The molecule has 0 amide bonds. The van der Waals surface area contributed by atoms with E-state index >= 15 is 0 Å². The van der Waals surface area contributed by atoms with Crippen LogP contribution >= 0.6 is 0 Å². The monoisotopic (exact) mass is 452 g/mol. The highest BCUT2D eigenvalue weighted by molar-refractivity contribution is 6.02. The zero-order valence-electron chi connectivity index (χ0n) is 22.0. The van der Waals surface area contributed by atoms with Crippen LogP contribution in [0, 0.1) is 5.92 Å². The maximum Gasteiger partial charge on any atom is 0.166 e. The molecule has 0 bridgehead atoms. The largest absolute Gasteiger partial charge is 0.295 e. The number of hydrogen-bond donors (Lipinski definition) is 0. The summed E-state index contributed by atoms with van der Waals surface area (Å²) in [6.07, 6.45) is 10.5. The minimum atomic E-state index is 0. The second kappa shape index (κ2) is 16.4. The second-order valence-electron chi connectivity index (χ2n) is 8.86. The van der Waals surface area contributed by atoms with E-state index in [0.29, 0.717) is 5.56 Å². The van der Waals surface area contributed by atoms with Crippen LogP contribution < -0.4 is 0 Å². The fourth-order valence-corrected chi connectivity index (χ4v) is 4.57. The highest BCUT2D eigenvalue weighted by atomic mass is 16.1. The van der Waals surface area contributed by atoms with E-state index in [2.05, 4.69) is 51.1 Å². The molecule has 0 N–H and O–H groups in total. The van der Waals surface area contributed by atoms with Crippen molar-refractivity contribution in [2.24, 2.45) is 5.92 Å². The predicted molar refractivity (Wildman–Crippen MR) is 145 cm³/mol. The number of unbranched alkanes of at least 4 members (excludes halogenated alkanes) is 1. The summed E-state index contributed by atoms with van der Waals surface area (Å²) >= 11 is 0. The van der Waals surface area contributed by atoms with E-state index in [4.69, 9.17) is 0 Å². The van der Waals surface area contributed by atoms with Crippen molar-refractivity contribution in [2.75, 3.05) is 0 Å². The van der Waals surface area contributed by atoms with Crippen LogP contribution in [0.25, 0.3) is 0 Å². The Morgan fingerprint density at radius 3 is 2.24 bits per heavy atom. The van der Waals surface area contributed by atoms with Gasteiger partial charge in [-0.1, -0.05) is 103 Å². The van der Waals surface area contributed by atoms with Crippen LogP contribution in [0.3, 0.4) is 0 Å². The van der Waals surface area contributed by atoms with E-state index in [-0.39, 0.29) is 18.9 Å². The number of fused-ring (bicyclic) bond motifs is 1. The lowest BCUT2D eigenvalue weighted by atomic mass is 9.80. The molecule has 0 saturated carbocycles. The number of carbonyl (C=O) groups excluding carboxylic acids is 2. The highest BCUT2D eigenvalue weighted by Crippen LogP contribution is 2.29. The average molecular weight is 453 g/mol. The first-order chi connectivity index (χ1) is 16.0. The number of benzene rings is 2. The minimum absolute atomic E-state index is 0. The Labute approximate surface area is 204 Å². The molecular formula is C31H48O2. The summed E-state index contributed by atoms with van der Waals surface area (Å²) in [4.78, 5) is 23.5. The third kappa shape index (κ3) is 9.27. The van der Waals surface area contributed by atoms with Gasteiger partial charge in [-0.15, -0.1) is 0 Å². The Morgan fingerprint density at radius 1 is 0.970 bits per heavy atom. The van der Waals surface area contributed by atoms with Crippen LogP contribution in [-0.4, -0.2) is 11.6 Å². The molecule has 33 heavy (non-hydrogen) atoms. The van der Waals surface area contributed by atoms with Gasteiger partial charge in [0.05, 0.1) is 0 Å².